The fourth-order valence-corrected chi connectivity index (χ4v) is 4.35. The average molecular weight is 389 g/mol. The number of fused-ring (bicyclic) bond motifs is 1. The van der Waals surface area contributed by atoms with Crippen molar-refractivity contribution >= 4 is 17.2 Å². The van der Waals surface area contributed by atoms with Crippen molar-refractivity contribution in [3.63, 3.8) is 0 Å². The first-order chi connectivity index (χ1) is 13.2. The second-order valence-corrected chi connectivity index (χ2v) is 8.01. The molecule has 5 heteroatoms. The van der Waals surface area contributed by atoms with E-state index in [9.17, 15) is 4.39 Å². The maximum atomic E-state index is 13.3. The van der Waals surface area contributed by atoms with Crippen LogP contribution in [0.3, 0.4) is 0 Å². The van der Waals surface area contributed by atoms with E-state index in [1.807, 2.05) is 6.07 Å². The number of halogens is 2. The van der Waals surface area contributed by atoms with Gasteiger partial charge in [0.25, 0.3) is 0 Å². The minimum Gasteiger partial charge on any atom is -0.361 e. The van der Waals surface area contributed by atoms with E-state index in [1.54, 1.807) is 6.07 Å². The van der Waals surface area contributed by atoms with Gasteiger partial charge in [0.1, 0.15) is 11.6 Å². The van der Waals surface area contributed by atoms with Gasteiger partial charge in [-0.25, -0.2) is 4.39 Å². The molecule has 0 saturated carbocycles. The number of benzene rings is 1. The zero-order valence-corrected chi connectivity index (χ0v) is 16.4. The summed E-state index contributed by atoms with van der Waals surface area (Å²) in [5, 5.41) is 4.50. The molecule has 27 heavy (non-hydrogen) atoms. The van der Waals surface area contributed by atoms with E-state index in [2.05, 4.69) is 16.1 Å². The van der Waals surface area contributed by atoms with Gasteiger partial charge < -0.3 is 4.52 Å². The SMILES string of the molecule is Fc1ccc(C2=CCN(CCCc3onc4c3CCCCC4)CC2)cc1Cl. The number of hydrogen-bond donors (Lipinski definition) is 0. The molecule has 0 radical (unpaired) electrons. The monoisotopic (exact) mass is 388 g/mol. The molecule has 1 aliphatic heterocycles. The molecule has 3 nitrogen and oxygen atoms in total. The highest BCUT2D eigenvalue weighted by Crippen LogP contribution is 2.27. The molecule has 0 amide bonds. The van der Waals surface area contributed by atoms with Crippen molar-refractivity contribution in [2.75, 3.05) is 19.6 Å². The maximum Gasteiger partial charge on any atom is 0.141 e. The Hall–Kier alpha value is -1.65. The highest BCUT2D eigenvalue weighted by Gasteiger charge is 2.19. The summed E-state index contributed by atoms with van der Waals surface area (Å²) < 4.78 is 19.0. The molecule has 0 N–H and O–H groups in total. The molecular formula is C22H26ClFN2O. The molecular weight excluding hydrogens is 363 g/mol. The van der Waals surface area contributed by atoms with Crippen LogP contribution in [-0.2, 0) is 19.3 Å². The fourth-order valence-electron chi connectivity index (χ4n) is 4.16. The predicted octanol–water partition coefficient (Wildman–Crippen LogP) is 5.46. The molecule has 0 unspecified atom stereocenters. The van der Waals surface area contributed by atoms with E-state index < -0.39 is 0 Å². The molecule has 0 atom stereocenters. The maximum absolute atomic E-state index is 13.3. The van der Waals surface area contributed by atoms with Crippen LogP contribution in [0.25, 0.3) is 5.57 Å². The van der Waals surface area contributed by atoms with Crippen molar-refractivity contribution in [1.29, 1.82) is 0 Å². The van der Waals surface area contributed by atoms with Crippen molar-refractivity contribution in [2.45, 2.75) is 51.4 Å². The predicted molar refractivity (Wildman–Crippen MR) is 107 cm³/mol. The van der Waals surface area contributed by atoms with Crippen LogP contribution in [0.4, 0.5) is 4.39 Å². The Bertz CT molecular complexity index is 830. The molecule has 144 valence electrons. The van der Waals surface area contributed by atoms with Crippen LogP contribution in [0, 0.1) is 5.82 Å². The van der Waals surface area contributed by atoms with Crippen LogP contribution in [0.1, 0.15) is 54.7 Å². The Labute approximate surface area is 165 Å². The van der Waals surface area contributed by atoms with Gasteiger partial charge in [0.05, 0.1) is 10.7 Å². The number of aromatic nitrogens is 1. The summed E-state index contributed by atoms with van der Waals surface area (Å²) in [6, 6.07) is 5.00. The van der Waals surface area contributed by atoms with Gasteiger partial charge in [-0.3, -0.25) is 4.90 Å². The molecule has 0 spiro atoms. The van der Waals surface area contributed by atoms with Crippen LogP contribution in [-0.4, -0.2) is 29.7 Å². The first-order valence-corrected chi connectivity index (χ1v) is 10.4. The minimum absolute atomic E-state index is 0.196. The Morgan fingerprint density at radius 1 is 1.15 bits per heavy atom. The van der Waals surface area contributed by atoms with Crippen molar-refractivity contribution in [2.24, 2.45) is 0 Å². The molecule has 1 aromatic carbocycles. The van der Waals surface area contributed by atoms with E-state index in [-0.39, 0.29) is 10.8 Å². The second kappa shape index (κ2) is 8.57. The minimum atomic E-state index is -0.358. The summed E-state index contributed by atoms with van der Waals surface area (Å²) in [5.74, 6) is 0.754. The van der Waals surface area contributed by atoms with Gasteiger partial charge in [-0.05, 0) is 68.3 Å². The van der Waals surface area contributed by atoms with E-state index in [4.69, 9.17) is 16.1 Å². The topological polar surface area (TPSA) is 29.3 Å². The van der Waals surface area contributed by atoms with Crippen molar-refractivity contribution in [1.82, 2.24) is 10.1 Å². The molecule has 4 rings (SSSR count). The first-order valence-electron chi connectivity index (χ1n) is 10.0. The lowest BCUT2D eigenvalue weighted by Gasteiger charge is -2.26. The van der Waals surface area contributed by atoms with E-state index >= 15 is 0 Å². The van der Waals surface area contributed by atoms with Crippen LogP contribution >= 0.6 is 11.6 Å². The van der Waals surface area contributed by atoms with Crippen LogP contribution in [0.2, 0.25) is 5.02 Å². The normalized spacial score (nSPS) is 18.1. The second-order valence-electron chi connectivity index (χ2n) is 7.60. The van der Waals surface area contributed by atoms with Crippen molar-refractivity contribution in [3.8, 4) is 0 Å². The lowest BCUT2D eigenvalue weighted by molar-refractivity contribution is 0.290. The standard InChI is InChI=1S/C22H26ClFN2O/c23-19-15-17(8-9-20(19)24)16-10-13-26(14-11-16)12-4-7-22-18-5-2-1-3-6-21(18)25-27-22/h8-10,15H,1-7,11-14H2. The van der Waals surface area contributed by atoms with Gasteiger partial charge in [0, 0.05) is 25.1 Å². The Morgan fingerprint density at radius 2 is 2.04 bits per heavy atom. The lowest BCUT2D eigenvalue weighted by Crippen LogP contribution is -2.29. The summed E-state index contributed by atoms with van der Waals surface area (Å²) in [6.45, 7) is 3.01. The molecule has 2 heterocycles. The molecule has 2 aromatic rings. The number of rotatable bonds is 5. The summed E-state index contributed by atoms with van der Waals surface area (Å²) in [7, 11) is 0. The average Bonchev–Trinajstić information content (AvgIpc) is 2.91. The van der Waals surface area contributed by atoms with Crippen LogP contribution < -0.4 is 0 Å². The third kappa shape index (κ3) is 4.44. The van der Waals surface area contributed by atoms with Gasteiger partial charge in [-0.1, -0.05) is 35.3 Å². The Kier molecular flexibility index (Phi) is 5.94. The third-order valence-corrected chi connectivity index (χ3v) is 6.04. The molecule has 2 aliphatic rings. The number of hydrogen-bond acceptors (Lipinski definition) is 3. The summed E-state index contributed by atoms with van der Waals surface area (Å²) in [4.78, 5) is 2.46. The molecule has 0 saturated heterocycles. The largest absolute Gasteiger partial charge is 0.361 e. The van der Waals surface area contributed by atoms with Gasteiger partial charge >= 0.3 is 0 Å². The Balaban J connectivity index is 1.29. The van der Waals surface area contributed by atoms with E-state index in [0.717, 1.165) is 63.1 Å². The van der Waals surface area contributed by atoms with E-state index in [1.165, 1.54) is 42.2 Å². The van der Waals surface area contributed by atoms with E-state index in [0.29, 0.717) is 0 Å². The third-order valence-electron chi connectivity index (χ3n) is 5.75. The number of aryl methyl sites for hydroxylation is 2. The Morgan fingerprint density at radius 3 is 2.85 bits per heavy atom. The molecule has 0 bridgehead atoms. The van der Waals surface area contributed by atoms with Crippen LogP contribution in [0.15, 0.2) is 28.8 Å². The molecule has 0 fully saturated rings. The quantitative estimate of drug-likeness (QED) is 0.637. The van der Waals surface area contributed by atoms with Crippen molar-refractivity contribution < 1.29 is 8.91 Å². The zero-order valence-electron chi connectivity index (χ0n) is 15.6. The number of nitrogens with zero attached hydrogens (tertiary/aromatic N) is 2. The zero-order chi connectivity index (χ0) is 18.6. The molecule has 1 aliphatic carbocycles. The van der Waals surface area contributed by atoms with Gasteiger partial charge in [-0.15, -0.1) is 0 Å². The highest BCUT2D eigenvalue weighted by molar-refractivity contribution is 6.30. The van der Waals surface area contributed by atoms with Gasteiger partial charge in [0.15, 0.2) is 0 Å². The summed E-state index contributed by atoms with van der Waals surface area (Å²) >= 11 is 5.91. The van der Waals surface area contributed by atoms with Gasteiger partial charge in [-0.2, -0.15) is 0 Å². The summed E-state index contributed by atoms with van der Waals surface area (Å²) in [5.41, 5.74) is 4.88. The smallest absolute Gasteiger partial charge is 0.141 e. The molecule has 1 aromatic heterocycles. The fraction of sp³-hybridized carbons (Fsp3) is 0.500. The van der Waals surface area contributed by atoms with Crippen molar-refractivity contribution in [3.05, 3.63) is 57.7 Å². The highest BCUT2D eigenvalue weighted by atomic mass is 35.5. The summed E-state index contributed by atoms with van der Waals surface area (Å²) in [6.07, 6.45) is 11.3. The van der Waals surface area contributed by atoms with Crippen LogP contribution in [0.5, 0.6) is 0 Å². The first kappa shape index (κ1) is 18.7. The van der Waals surface area contributed by atoms with Gasteiger partial charge in [0.2, 0.25) is 0 Å². The lowest BCUT2D eigenvalue weighted by atomic mass is 9.99.